The van der Waals surface area contributed by atoms with Crippen LogP contribution in [-0.2, 0) is 20.6 Å². The summed E-state index contributed by atoms with van der Waals surface area (Å²) < 4.78 is 26.2. The van der Waals surface area contributed by atoms with E-state index in [1.807, 2.05) is 12.1 Å². The van der Waals surface area contributed by atoms with Gasteiger partial charge in [-0.2, -0.15) is 0 Å². The van der Waals surface area contributed by atoms with Crippen LogP contribution in [0.1, 0.15) is 18.4 Å². The molecule has 0 unspecified atom stereocenters. The predicted molar refractivity (Wildman–Crippen MR) is 75.2 cm³/mol. The van der Waals surface area contributed by atoms with Gasteiger partial charge in [0.15, 0.2) is 0 Å². The van der Waals surface area contributed by atoms with E-state index in [4.69, 9.17) is 0 Å². The van der Waals surface area contributed by atoms with Gasteiger partial charge in [0, 0.05) is 17.5 Å². The first-order valence-corrected chi connectivity index (χ1v) is 8.07. The van der Waals surface area contributed by atoms with E-state index in [0.717, 1.165) is 23.7 Å². The van der Waals surface area contributed by atoms with Crippen LogP contribution in [0.25, 0.3) is 10.9 Å². The lowest BCUT2D eigenvalue weighted by Gasteiger charge is -2.08. The van der Waals surface area contributed by atoms with Crippen LogP contribution in [0.3, 0.4) is 0 Å². The molecule has 6 heteroatoms. The molecule has 0 atom stereocenters. The van der Waals surface area contributed by atoms with Crippen LogP contribution in [0.15, 0.2) is 36.5 Å². The molecule has 1 aromatic heterocycles. The Labute approximate surface area is 117 Å². The number of benzene rings is 1. The number of carbonyl (C=O) groups is 1. The molecule has 1 aliphatic rings. The van der Waals surface area contributed by atoms with Gasteiger partial charge in [0.25, 0.3) is 0 Å². The van der Waals surface area contributed by atoms with Crippen LogP contribution in [0.2, 0.25) is 0 Å². The molecule has 1 aromatic carbocycles. The fraction of sp³-hybridized carbons (Fsp3) is 0.286. The lowest BCUT2D eigenvalue weighted by molar-refractivity contribution is -0.120. The van der Waals surface area contributed by atoms with Gasteiger partial charge in [-0.3, -0.25) is 14.5 Å². The Morgan fingerprint density at radius 3 is 2.80 bits per heavy atom. The average molecular weight is 290 g/mol. The first kappa shape index (κ1) is 13.1. The van der Waals surface area contributed by atoms with Crippen molar-refractivity contribution in [3.05, 3.63) is 42.1 Å². The minimum Gasteiger partial charge on any atom is -0.274 e. The number of rotatable bonds is 4. The van der Waals surface area contributed by atoms with E-state index in [-0.39, 0.29) is 17.6 Å². The molecule has 1 aliphatic carbocycles. The highest BCUT2D eigenvalue weighted by Gasteiger charge is 2.32. The van der Waals surface area contributed by atoms with Crippen LogP contribution in [0.5, 0.6) is 0 Å². The average Bonchev–Trinajstić information content (AvgIpc) is 3.22. The minimum atomic E-state index is -3.66. The molecule has 5 nitrogen and oxygen atoms in total. The van der Waals surface area contributed by atoms with Crippen molar-refractivity contribution in [3.8, 4) is 0 Å². The lowest BCUT2D eigenvalue weighted by Crippen LogP contribution is -2.32. The quantitative estimate of drug-likeness (QED) is 0.927. The van der Waals surface area contributed by atoms with Crippen LogP contribution >= 0.6 is 0 Å². The first-order valence-electron chi connectivity index (χ1n) is 6.42. The third-order valence-corrected chi connectivity index (χ3v) is 4.49. The van der Waals surface area contributed by atoms with Gasteiger partial charge in [0.05, 0.1) is 11.3 Å². The van der Waals surface area contributed by atoms with E-state index in [1.165, 1.54) is 0 Å². The second kappa shape index (κ2) is 4.86. The van der Waals surface area contributed by atoms with Gasteiger partial charge in [-0.05, 0) is 30.5 Å². The van der Waals surface area contributed by atoms with Crippen molar-refractivity contribution >= 4 is 26.8 Å². The van der Waals surface area contributed by atoms with E-state index in [9.17, 15) is 13.2 Å². The summed E-state index contributed by atoms with van der Waals surface area (Å²) >= 11 is 0. The lowest BCUT2D eigenvalue weighted by atomic mass is 10.1. The van der Waals surface area contributed by atoms with Gasteiger partial charge in [0.2, 0.25) is 15.9 Å². The smallest absolute Gasteiger partial charge is 0.239 e. The molecule has 0 aliphatic heterocycles. The Hall–Kier alpha value is -1.95. The van der Waals surface area contributed by atoms with E-state index >= 15 is 0 Å². The van der Waals surface area contributed by atoms with Crippen molar-refractivity contribution in [2.24, 2.45) is 5.92 Å². The molecule has 3 rings (SSSR count). The summed E-state index contributed by atoms with van der Waals surface area (Å²) in [6.07, 6.45) is 3.22. The number of fused-ring (bicyclic) bond motifs is 1. The molecule has 0 bridgehead atoms. The summed E-state index contributed by atoms with van der Waals surface area (Å²) in [5, 5.41) is 0.791. The Morgan fingerprint density at radius 2 is 2.05 bits per heavy atom. The zero-order valence-electron chi connectivity index (χ0n) is 10.7. The summed E-state index contributed by atoms with van der Waals surface area (Å²) in [6.45, 7) is 0. The number of nitrogens with one attached hydrogen (secondary N) is 1. The number of aromatic nitrogens is 1. The third-order valence-electron chi connectivity index (χ3n) is 3.29. The van der Waals surface area contributed by atoms with Crippen molar-refractivity contribution in [1.29, 1.82) is 0 Å². The molecular formula is C14H14N2O3S. The van der Waals surface area contributed by atoms with Gasteiger partial charge in [-0.1, -0.05) is 18.2 Å². The first-order chi connectivity index (χ1) is 9.55. The highest BCUT2D eigenvalue weighted by Crippen LogP contribution is 2.29. The number of carbonyl (C=O) groups excluding carboxylic acids is 1. The molecule has 0 radical (unpaired) electrons. The normalized spacial score (nSPS) is 15.2. The summed E-state index contributed by atoms with van der Waals surface area (Å²) in [6, 6.07) is 8.93. The van der Waals surface area contributed by atoms with E-state index in [2.05, 4.69) is 9.71 Å². The summed E-state index contributed by atoms with van der Waals surface area (Å²) in [7, 11) is -3.66. The van der Waals surface area contributed by atoms with Crippen molar-refractivity contribution < 1.29 is 13.2 Å². The third kappa shape index (κ3) is 2.80. The van der Waals surface area contributed by atoms with Gasteiger partial charge in [-0.15, -0.1) is 0 Å². The molecule has 104 valence electrons. The molecule has 1 amide bonds. The number of nitrogens with zero attached hydrogens (tertiary/aromatic N) is 1. The zero-order valence-corrected chi connectivity index (χ0v) is 11.6. The monoisotopic (exact) mass is 290 g/mol. The molecule has 1 saturated carbocycles. The molecule has 1 heterocycles. The fourth-order valence-corrected chi connectivity index (χ4v) is 3.32. The Balaban J connectivity index is 1.86. The number of pyridine rings is 1. The Morgan fingerprint density at radius 1 is 1.25 bits per heavy atom. The van der Waals surface area contributed by atoms with Crippen LogP contribution in [0.4, 0.5) is 0 Å². The van der Waals surface area contributed by atoms with Crippen LogP contribution in [-0.4, -0.2) is 19.3 Å². The van der Waals surface area contributed by atoms with Gasteiger partial charge in [-0.25, -0.2) is 8.42 Å². The maximum absolute atomic E-state index is 12.0. The van der Waals surface area contributed by atoms with E-state index in [1.54, 1.807) is 24.4 Å². The van der Waals surface area contributed by atoms with Gasteiger partial charge >= 0.3 is 0 Å². The van der Waals surface area contributed by atoms with Crippen molar-refractivity contribution in [3.63, 3.8) is 0 Å². The summed E-state index contributed by atoms with van der Waals surface area (Å²) in [5.74, 6) is -0.726. The number of hydrogen-bond acceptors (Lipinski definition) is 4. The van der Waals surface area contributed by atoms with Crippen molar-refractivity contribution in [2.45, 2.75) is 18.6 Å². The van der Waals surface area contributed by atoms with E-state index < -0.39 is 10.0 Å². The highest BCUT2D eigenvalue weighted by molar-refractivity contribution is 7.89. The fourth-order valence-electron chi connectivity index (χ4n) is 2.12. The maximum Gasteiger partial charge on any atom is 0.239 e. The van der Waals surface area contributed by atoms with Gasteiger partial charge < -0.3 is 0 Å². The molecule has 1 N–H and O–H groups in total. The SMILES string of the molecule is O=C(NS(=O)(=O)Cc1cccc2ncccc12)C1CC1. The van der Waals surface area contributed by atoms with Crippen molar-refractivity contribution in [2.75, 3.05) is 0 Å². The number of sulfonamides is 1. The Kier molecular flexibility index (Phi) is 3.17. The second-order valence-corrected chi connectivity index (χ2v) is 6.71. The molecule has 1 fully saturated rings. The second-order valence-electron chi connectivity index (χ2n) is 4.99. The molecule has 0 saturated heterocycles. The van der Waals surface area contributed by atoms with Crippen LogP contribution < -0.4 is 4.72 Å². The standard InChI is InChI=1S/C14H14N2O3S/c17-14(10-6-7-10)16-20(18,19)9-11-3-1-5-13-12(11)4-2-8-15-13/h1-5,8,10H,6-7,9H2,(H,16,17). The molecule has 20 heavy (non-hydrogen) atoms. The summed E-state index contributed by atoms with van der Waals surface area (Å²) in [4.78, 5) is 15.8. The van der Waals surface area contributed by atoms with Gasteiger partial charge in [0.1, 0.15) is 0 Å². The van der Waals surface area contributed by atoms with E-state index in [0.29, 0.717) is 5.56 Å². The largest absolute Gasteiger partial charge is 0.274 e. The molecule has 2 aromatic rings. The minimum absolute atomic E-state index is 0.126. The topological polar surface area (TPSA) is 76.1 Å². The zero-order chi connectivity index (χ0) is 14.2. The predicted octanol–water partition coefficient (Wildman–Crippen LogP) is 1.59. The molecular weight excluding hydrogens is 276 g/mol. The number of amides is 1. The maximum atomic E-state index is 12.0. The number of hydrogen-bond donors (Lipinski definition) is 1. The Bertz CT molecular complexity index is 762. The van der Waals surface area contributed by atoms with Crippen molar-refractivity contribution in [1.82, 2.24) is 9.71 Å². The molecule has 0 spiro atoms. The van der Waals surface area contributed by atoms with Crippen LogP contribution in [0, 0.1) is 5.92 Å². The highest BCUT2D eigenvalue weighted by atomic mass is 32.2. The summed E-state index contributed by atoms with van der Waals surface area (Å²) in [5.41, 5.74) is 1.39.